The highest BCUT2D eigenvalue weighted by molar-refractivity contribution is 9.11. The second kappa shape index (κ2) is 6.30. The summed E-state index contributed by atoms with van der Waals surface area (Å²) >= 11 is 6.63. The van der Waals surface area contributed by atoms with Crippen molar-refractivity contribution in [3.8, 4) is 0 Å². The Bertz CT molecular complexity index is 393. The first kappa shape index (κ1) is 13.6. The van der Waals surface area contributed by atoms with Crippen LogP contribution in [-0.4, -0.2) is 11.6 Å². The van der Waals surface area contributed by atoms with E-state index in [9.17, 15) is 9.59 Å². The van der Waals surface area contributed by atoms with Crippen LogP contribution >= 0.6 is 31.9 Å². The van der Waals surface area contributed by atoms with E-state index in [1.165, 1.54) is 0 Å². The SMILES string of the molecule is CCCC(=O)CC(=O)c1c(Br)cccc1Br. The summed E-state index contributed by atoms with van der Waals surface area (Å²) in [6, 6.07) is 5.42. The normalized spacial score (nSPS) is 10.2. The third-order valence-corrected chi connectivity index (χ3v) is 3.45. The van der Waals surface area contributed by atoms with Crippen molar-refractivity contribution in [2.45, 2.75) is 26.2 Å². The lowest BCUT2D eigenvalue weighted by Crippen LogP contribution is -2.09. The number of carbonyl (C=O) groups excluding carboxylic acids is 2. The van der Waals surface area contributed by atoms with Crippen LogP contribution in [-0.2, 0) is 4.79 Å². The van der Waals surface area contributed by atoms with E-state index in [0.29, 0.717) is 12.0 Å². The van der Waals surface area contributed by atoms with Crippen LogP contribution in [0.4, 0.5) is 0 Å². The number of hydrogen-bond donors (Lipinski definition) is 0. The molecule has 0 amide bonds. The lowest BCUT2D eigenvalue weighted by molar-refractivity contribution is -0.118. The van der Waals surface area contributed by atoms with Crippen molar-refractivity contribution < 1.29 is 9.59 Å². The van der Waals surface area contributed by atoms with Gasteiger partial charge in [-0.25, -0.2) is 0 Å². The zero-order valence-electron chi connectivity index (χ0n) is 8.93. The van der Waals surface area contributed by atoms with Gasteiger partial charge < -0.3 is 0 Å². The number of halogens is 2. The Morgan fingerprint density at radius 3 is 2.25 bits per heavy atom. The summed E-state index contributed by atoms with van der Waals surface area (Å²) in [6.07, 6.45) is 1.23. The van der Waals surface area contributed by atoms with Gasteiger partial charge in [-0.2, -0.15) is 0 Å². The van der Waals surface area contributed by atoms with Crippen molar-refractivity contribution in [1.82, 2.24) is 0 Å². The van der Waals surface area contributed by atoms with E-state index in [4.69, 9.17) is 0 Å². The Morgan fingerprint density at radius 2 is 1.75 bits per heavy atom. The molecule has 0 bridgehead atoms. The fourth-order valence-corrected chi connectivity index (χ4v) is 2.84. The Labute approximate surface area is 112 Å². The van der Waals surface area contributed by atoms with Gasteiger partial charge in [-0.05, 0) is 18.6 Å². The van der Waals surface area contributed by atoms with Gasteiger partial charge >= 0.3 is 0 Å². The molecule has 1 aromatic carbocycles. The average Bonchev–Trinajstić information content (AvgIpc) is 2.17. The zero-order valence-corrected chi connectivity index (χ0v) is 12.1. The molecule has 0 N–H and O–H groups in total. The van der Waals surface area contributed by atoms with E-state index >= 15 is 0 Å². The van der Waals surface area contributed by atoms with Crippen molar-refractivity contribution in [2.24, 2.45) is 0 Å². The smallest absolute Gasteiger partial charge is 0.172 e. The molecule has 0 unspecified atom stereocenters. The molecule has 0 saturated carbocycles. The summed E-state index contributed by atoms with van der Waals surface area (Å²) in [5.74, 6) is -0.145. The number of ketones is 2. The number of benzene rings is 1. The summed E-state index contributed by atoms with van der Waals surface area (Å²) in [7, 11) is 0. The third-order valence-electron chi connectivity index (χ3n) is 2.13. The molecule has 1 aromatic rings. The van der Waals surface area contributed by atoms with Crippen molar-refractivity contribution in [2.75, 3.05) is 0 Å². The van der Waals surface area contributed by atoms with Crippen molar-refractivity contribution in [3.63, 3.8) is 0 Å². The summed E-state index contributed by atoms with van der Waals surface area (Å²) < 4.78 is 1.44. The number of hydrogen-bond acceptors (Lipinski definition) is 2. The molecule has 4 heteroatoms. The van der Waals surface area contributed by atoms with Crippen LogP contribution in [0.15, 0.2) is 27.1 Å². The van der Waals surface area contributed by atoms with Gasteiger partial charge in [-0.15, -0.1) is 0 Å². The molecular formula is C12H12Br2O2. The molecule has 0 aliphatic carbocycles. The zero-order chi connectivity index (χ0) is 12.1. The number of rotatable bonds is 5. The Kier molecular flexibility index (Phi) is 5.35. The van der Waals surface area contributed by atoms with Crippen LogP contribution in [0.3, 0.4) is 0 Å². The van der Waals surface area contributed by atoms with Gasteiger partial charge in [0, 0.05) is 20.9 Å². The molecule has 0 heterocycles. The maximum absolute atomic E-state index is 11.9. The quantitative estimate of drug-likeness (QED) is 0.592. The lowest BCUT2D eigenvalue weighted by Gasteiger charge is -2.05. The minimum atomic E-state index is -0.141. The van der Waals surface area contributed by atoms with Gasteiger partial charge in [-0.3, -0.25) is 9.59 Å². The minimum Gasteiger partial charge on any atom is -0.299 e. The second-order valence-electron chi connectivity index (χ2n) is 3.49. The summed E-state index contributed by atoms with van der Waals surface area (Å²) in [5.41, 5.74) is 0.548. The molecule has 0 aliphatic heterocycles. The molecule has 0 atom stereocenters. The standard InChI is InChI=1S/C12H12Br2O2/c1-2-4-8(15)7-11(16)12-9(13)5-3-6-10(12)14/h3,5-6H,2,4,7H2,1H3. The van der Waals surface area contributed by atoms with Gasteiger partial charge in [0.1, 0.15) is 5.78 Å². The molecule has 86 valence electrons. The average molecular weight is 348 g/mol. The van der Waals surface area contributed by atoms with Gasteiger partial charge in [0.25, 0.3) is 0 Å². The third kappa shape index (κ3) is 3.52. The molecule has 0 aromatic heterocycles. The predicted molar refractivity (Wildman–Crippen MR) is 70.7 cm³/mol. The maximum Gasteiger partial charge on any atom is 0.172 e. The van der Waals surface area contributed by atoms with E-state index in [2.05, 4.69) is 31.9 Å². The predicted octanol–water partition coefficient (Wildman–Crippen LogP) is 4.15. The van der Waals surface area contributed by atoms with Crippen molar-refractivity contribution in [3.05, 3.63) is 32.7 Å². The van der Waals surface area contributed by atoms with Crippen LogP contribution in [0, 0.1) is 0 Å². The molecule has 0 radical (unpaired) electrons. The highest BCUT2D eigenvalue weighted by Gasteiger charge is 2.16. The molecule has 16 heavy (non-hydrogen) atoms. The fraction of sp³-hybridized carbons (Fsp3) is 0.333. The molecule has 2 nitrogen and oxygen atoms in total. The first-order valence-corrected chi connectivity index (χ1v) is 6.63. The van der Waals surface area contributed by atoms with Crippen molar-refractivity contribution in [1.29, 1.82) is 0 Å². The van der Waals surface area contributed by atoms with Gasteiger partial charge in [0.2, 0.25) is 0 Å². The van der Waals surface area contributed by atoms with Crippen LogP contribution in [0.25, 0.3) is 0 Å². The Hall–Kier alpha value is -0.480. The highest BCUT2D eigenvalue weighted by Crippen LogP contribution is 2.26. The maximum atomic E-state index is 11.9. The highest BCUT2D eigenvalue weighted by atomic mass is 79.9. The lowest BCUT2D eigenvalue weighted by atomic mass is 10.0. The van der Waals surface area contributed by atoms with Gasteiger partial charge in [-0.1, -0.05) is 44.8 Å². The van der Waals surface area contributed by atoms with E-state index in [-0.39, 0.29) is 18.0 Å². The van der Waals surface area contributed by atoms with E-state index < -0.39 is 0 Å². The second-order valence-corrected chi connectivity index (χ2v) is 5.19. The summed E-state index contributed by atoms with van der Waals surface area (Å²) in [4.78, 5) is 23.3. The fourth-order valence-electron chi connectivity index (χ4n) is 1.40. The molecule has 0 aliphatic rings. The van der Waals surface area contributed by atoms with Gasteiger partial charge in [0.05, 0.1) is 6.42 Å². The van der Waals surface area contributed by atoms with E-state index in [1.807, 2.05) is 13.0 Å². The first-order chi connectivity index (χ1) is 7.56. The molecule has 0 saturated heterocycles. The van der Waals surface area contributed by atoms with Crippen LogP contribution in [0.1, 0.15) is 36.5 Å². The van der Waals surface area contributed by atoms with Crippen LogP contribution in [0.2, 0.25) is 0 Å². The topological polar surface area (TPSA) is 34.1 Å². The Morgan fingerprint density at radius 1 is 1.19 bits per heavy atom. The van der Waals surface area contributed by atoms with Crippen LogP contribution < -0.4 is 0 Å². The first-order valence-electron chi connectivity index (χ1n) is 5.05. The largest absolute Gasteiger partial charge is 0.299 e. The summed E-state index contributed by atoms with van der Waals surface area (Å²) in [5, 5.41) is 0. The number of carbonyl (C=O) groups is 2. The molecule has 0 spiro atoms. The summed E-state index contributed by atoms with van der Waals surface area (Å²) in [6.45, 7) is 1.93. The molecule has 1 rings (SSSR count). The van der Waals surface area contributed by atoms with E-state index in [1.54, 1.807) is 12.1 Å². The van der Waals surface area contributed by atoms with Crippen LogP contribution in [0.5, 0.6) is 0 Å². The van der Waals surface area contributed by atoms with Gasteiger partial charge in [0.15, 0.2) is 5.78 Å². The monoisotopic (exact) mass is 346 g/mol. The number of Topliss-reactive ketones (excluding diaryl/α,β-unsaturated/α-hetero) is 2. The Balaban J connectivity index is 2.85. The van der Waals surface area contributed by atoms with E-state index in [0.717, 1.165) is 15.4 Å². The molecular weight excluding hydrogens is 336 g/mol. The molecule has 0 fully saturated rings. The minimum absolute atomic E-state index is 0.00449. The van der Waals surface area contributed by atoms with Crippen molar-refractivity contribution >= 4 is 43.4 Å².